The molecule has 6 heteroatoms. The maximum Gasteiger partial charge on any atom is 0.409 e. The molecule has 0 saturated heterocycles. The highest BCUT2D eigenvalue weighted by atomic mass is 32.1. The van der Waals surface area contributed by atoms with Crippen molar-refractivity contribution in [2.24, 2.45) is 0 Å². The van der Waals surface area contributed by atoms with E-state index in [0.29, 0.717) is 6.54 Å². The lowest BCUT2D eigenvalue weighted by Crippen LogP contribution is -2.37. The second-order valence-electron chi connectivity index (χ2n) is 3.63. The van der Waals surface area contributed by atoms with Gasteiger partial charge in [-0.1, -0.05) is 0 Å². The molecule has 1 aromatic heterocycles. The molecule has 1 heterocycles. The molecule has 0 aliphatic heterocycles. The van der Waals surface area contributed by atoms with E-state index in [1.807, 2.05) is 18.4 Å². The Labute approximate surface area is 104 Å². The first-order valence-electron chi connectivity index (χ1n) is 5.13. The quantitative estimate of drug-likeness (QED) is 0.885. The zero-order valence-electron chi connectivity index (χ0n) is 10.1. The molecular formula is C11H16N2O3S. The van der Waals surface area contributed by atoms with Crippen LogP contribution in [0, 0.1) is 6.92 Å². The van der Waals surface area contributed by atoms with Crippen molar-refractivity contribution < 1.29 is 14.3 Å². The number of likely N-dealkylation sites (N-methyl/N-ethyl adjacent to an activating group) is 1. The van der Waals surface area contributed by atoms with E-state index in [1.54, 1.807) is 11.3 Å². The molecule has 1 rings (SSSR count). The third-order valence-electron chi connectivity index (χ3n) is 2.28. The zero-order chi connectivity index (χ0) is 12.8. The number of methoxy groups -OCH3 is 1. The van der Waals surface area contributed by atoms with Gasteiger partial charge in [0.25, 0.3) is 0 Å². The second-order valence-corrected chi connectivity index (χ2v) is 4.63. The van der Waals surface area contributed by atoms with Crippen LogP contribution in [0.4, 0.5) is 4.79 Å². The predicted molar refractivity (Wildman–Crippen MR) is 65.9 cm³/mol. The van der Waals surface area contributed by atoms with Crippen molar-refractivity contribution in [3.8, 4) is 0 Å². The van der Waals surface area contributed by atoms with Gasteiger partial charge in [0.05, 0.1) is 13.7 Å². The van der Waals surface area contributed by atoms with E-state index in [0.717, 1.165) is 10.4 Å². The highest BCUT2D eigenvalue weighted by molar-refractivity contribution is 7.10. The molecule has 17 heavy (non-hydrogen) atoms. The Balaban J connectivity index is 2.36. The van der Waals surface area contributed by atoms with Crippen LogP contribution in [0.2, 0.25) is 0 Å². The second kappa shape index (κ2) is 6.24. The minimum absolute atomic E-state index is 0.00288. The van der Waals surface area contributed by atoms with Gasteiger partial charge in [0, 0.05) is 11.9 Å². The number of carbonyl (C=O) groups is 2. The van der Waals surface area contributed by atoms with Crippen molar-refractivity contribution in [2.75, 3.05) is 20.7 Å². The topological polar surface area (TPSA) is 58.6 Å². The molecule has 1 N–H and O–H groups in total. The lowest BCUT2D eigenvalue weighted by atomic mass is 10.3. The monoisotopic (exact) mass is 256 g/mol. The molecule has 0 fully saturated rings. The summed E-state index contributed by atoms with van der Waals surface area (Å²) in [7, 11) is 2.80. The first kappa shape index (κ1) is 13.5. The van der Waals surface area contributed by atoms with Crippen LogP contribution in [0.3, 0.4) is 0 Å². The van der Waals surface area contributed by atoms with Crippen molar-refractivity contribution in [3.63, 3.8) is 0 Å². The molecule has 0 radical (unpaired) electrons. The minimum atomic E-state index is -0.521. The number of aryl methyl sites for hydroxylation is 1. The molecule has 0 aliphatic carbocycles. The summed E-state index contributed by atoms with van der Waals surface area (Å²) in [5.74, 6) is -0.203. The molecule has 0 bridgehead atoms. The number of amides is 2. The number of nitrogens with one attached hydrogen (secondary N) is 1. The summed E-state index contributed by atoms with van der Waals surface area (Å²) in [6.07, 6.45) is -0.521. The Bertz CT molecular complexity index is 403. The van der Waals surface area contributed by atoms with E-state index in [4.69, 9.17) is 0 Å². The molecule has 1 aromatic rings. The van der Waals surface area contributed by atoms with Crippen molar-refractivity contribution in [1.29, 1.82) is 0 Å². The van der Waals surface area contributed by atoms with E-state index in [9.17, 15) is 9.59 Å². The molecule has 2 amide bonds. The standard InChI is InChI=1S/C11H16N2O3S/c1-8-4-5-17-9(8)6-12-10(14)7-13(2)11(15)16-3/h4-5H,6-7H2,1-3H3,(H,12,14). The average Bonchev–Trinajstić information content (AvgIpc) is 2.71. The Kier molecular flexibility index (Phi) is 4.96. The summed E-state index contributed by atoms with van der Waals surface area (Å²) in [4.78, 5) is 24.9. The van der Waals surface area contributed by atoms with Gasteiger partial charge in [-0.2, -0.15) is 0 Å². The number of ether oxygens (including phenoxy) is 1. The summed E-state index contributed by atoms with van der Waals surface area (Å²) in [6, 6.07) is 2.01. The molecule has 0 aliphatic rings. The molecule has 0 saturated carbocycles. The molecule has 0 spiro atoms. The van der Waals surface area contributed by atoms with Gasteiger partial charge in [0.15, 0.2) is 0 Å². The van der Waals surface area contributed by atoms with Crippen molar-refractivity contribution in [3.05, 3.63) is 21.9 Å². The van der Waals surface area contributed by atoms with Gasteiger partial charge in [-0.05, 0) is 23.9 Å². The molecule has 94 valence electrons. The van der Waals surface area contributed by atoms with Crippen LogP contribution in [-0.2, 0) is 16.1 Å². The zero-order valence-corrected chi connectivity index (χ0v) is 11.0. The largest absolute Gasteiger partial charge is 0.453 e. The fourth-order valence-corrected chi connectivity index (χ4v) is 2.10. The van der Waals surface area contributed by atoms with Crippen LogP contribution < -0.4 is 5.32 Å². The van der Waals surface area contributed by atoms with Crippen LogP contribution in [0.25, 0.3) is 0 Å². The summed E-state index contributed by atoms with van der Waals surface area (Å²) in [5.41, 5.74) is 1.16. The van der Waals surface area contributed by atoms with Gasteiger partial charge >= 0.3 is 6.09 Å². The number of nitrogens with zero attached hydrogens (tertiary/aromatic N) is 1. The number of hydrogen-bond acceptors (Lipinski definition) is 4. The first-order chi connectivity index (χ1) is 8.04. The van der Waals surface area contributed by atoms with Crippen molar-refractivity contribution in [1.82, 2.24) is 10.2 Å². The minimum Gasteiger partial charge on any atom is -0.453 e. The first-order valence-corrected chi connectivity index (χ1v) is 6.01. The highest BCUT2D eigenvalue weighted by Crippen LogP contribution is 2.14. The third-order valence-corrected chi connectivity index (χ3v) is 3.30. The van der Waals surface area contributed by atoms with Gasteiger partial charge in [0.2, 0.25) is 5.91 Å². The summed E-state index contributed by atoms with van der Waals surface area (Å²) in [5, 5.41) is 4.74. The van der Waals surface area contributed by atoms with Crippen LogP contribution in [-0.4, -0.2) is 37.6 Å². The molecular weight excluding hydrogens is 240 g/mol. The average molecular weight is 256 g/mol. The van der Waals surface area contributed by atoms with E-state index in [2.05, 4.69) is 10.1 Å². The number of rotatable bonds is 4. The van der Waals surface area contributed by atoms with Gasteiger partial charge in [-0.15, -0.1) is 11.3 Å². The Morgan fingerprint density at radius 3 is 2.76 bits per heavy atom. The SMILES string of the molecule is COC(=O)N(C)CC(=O)NCc1sccc1C. The molecule has 5 nitrogen and oxygen atoms in total. The van der Waals surface area contributed by atoms with Crippen LogP contribution in [0.5, 0.6) is 0 Å². The van der Waals surface area contributed by atoms with Gasteiger partial charge in [-0.25, -0.2) is 4.79 Å². The van der Waals surface area contributed by atoms with Crippen LogP contribution in [0.1, 0.15) is 10.4 Å². The summed E-state index contributed by atoms with van der Waals surface area (Å²) < 4.78 is 4.49. The Hall–Kier alpha value is -1.56. The van der Waals surface area contributed by atoms with E-state index < -0.39 is 6.09 Å². The molecule has 0 aromatic carbocycles. The van der Waals surface area contributed by atoms with Gasteiger partial charge in [0.1, 0.15) is 6.54 Å². The van der Waals surface area contributed by atoms with Gasteiger partial charge in [-0.3, -0.25) is 4.79 Å². The van der Waals surface area contributed by atoms with Gasteiger partial charge < -0.3 is 15.0 Å². The Morgan fingerprint density at radius 1 is 1.53 bits per heavy atom. The number of carbonyl (C=O) groups excluding carboxylic acids is 2. The smallest absolute Gasteiger partial charge is 0.409 e. The van der Waals surface area contributed by atoms with Crippen molar-refractivity contribution in [2.45, 2.75) is 13.5 Å². The normalized spacial score (nSPS) is 9.82. The molecule has 0 unspecified atom stereocenters. The van der Waals surface area contributed by atoms with Crippen LogP contribution >= 0.6 is 11.3 Å². The molecule has 0 atom stereocenters. The number of thiophene rings is 1. The Morgan fingerprint density at radius 2 is 2.24 bits per heavy atom. The maximum atomic E-state index is 11.5. The van der Waals surface area contributed by atoms with Crippen molar-refractivity contribution >= 4 is 23.3 Å². The fourth-order valence-electron chi connectivity index (χ4n) is 1.26. The lowest BCUT2D eigenvalue weighted by molar-refractivity contribution is -0.121. The maximum absolute atomic E-state index is 11.5. The summed E-state index contributed by atoms with van der Waals surface area (Å²) in [6.45, 7) is 2.49. The van der Waals surface area contributed by atoms with E-state index in [1.165, 1.54) is 19.1 Å². The number of hydrogen-bond donors (Lipinski definition) is 1. The summed E-state index contributed by atoms with van der Waals surface area (Å²) >= 11 is 1.60. The third kappa shape index (κ3) is 4.07. The fraction of sp³-hybridized carbons (Fsp3) is 0.455. The van der Waals surface area contributed by atoms with Crippen LogP contribution in [0.15, 0.2) is 11.4 Å². The highest BCUT2D eigenvalue weighted by Gasteiger charge is 2.12. The van der Waals surface area contributed by atoms with E-state index >= 15 is 0 Å². The predicted octanol–water partition coefficient (Wildman–Crippen LogP) is 1.37. The lowest BCUT2D eigenvalue weighted by Gasteiger charge is -2.14. The van der Waals surface area contributed by atoms with E-state index in [-0.39, 0.29) is 12.5 Å².